The number of anilines is 3. The van der Waals surface area contributed by atoms with Gasteiger partial charge in [0.1, 0.15) is 11.2 Å². The van der Waals surface area contributed by atoms with Gasteiger partial charge >= 0.3 is 0 Å². The van der Waals surface area contributed by atoms with Crippen LogP contribution in [-0.2, 0) is 0 Å². The van der Waals surface area contributed by atoms with E-state index in [9.17, 15) is 0 Å². The lowest BCUT2D eigenvalue weighted by Gasteiger charge is -2.25. The highest BCUT2D eigenvalue weighted by Gasteiger charge is 2.20. The van der Waals surface area contributed by atoms with Crippen molar-refractivity contribution in [3.8, 4) is 33.4 Å². The Morgan fingerprint density at radius 2 is 0.733 bits per heavy atom. The van der Waals surface area contributed by atoms with E-state index < -0.39 is 0 Å². The minimum absolute atomic E-state index is 0.855. The Labute approximate surface area is 347 Å². The van der Waals surface area contributed by atoms with E-state index in [-0.39, 0.29) is 0 Å². The van der Waals surface area contributed by atoms with Crippen LogP contribution in [0, 0.1) is 0 Å². The van der Waals surface area contributed by atoms with E-state index in [2.05, 4.69) is 229 Å². The maximum absolute atomic E-state index is 7.00. The van der Waals surface area contributed by atoms with Crippen LogP contribution in [0.5, 0.6) is 0 Å². The van der Waals surface area contributed by atoms with Gasteiger partial charge in [-0.1, -0.05) is 170 Å². The lowest BCUT2D eigenvalue weighted by Crippen LogP contribution is -2.09. The maximum Gasteiger partial charge on any atom is 0.143 e. The van der Waals surface area contributed by atoms with Crippen LogP contribution < -0.4 is 4.90 Å². The summed E-state index contributed by atoms with van der Waals surface area (Å²) in [6.07, 6.45) is 0. The zero-order valence-corrected chi connectivity index (χ0v) is 32.7. The molecular formula is C58H37NO. The van der Waals surface area contributed by atoms with Crippen LogP contribution in [0.25, 0.3) is 98.4 Å². The molecule has 0 fully saturated rings. The van der Waals surface area contributed by atoms with Crippen molar-refractivity contribution in [1.29, 1.82) is 0 Å². The molecular weight excluding hydrogens is 727 g/mol. The number of rotatable bonds is 6. The van der Waals surface area contributed by atoms with Crippen molar-refractivity contribution in [2.75, 3.05) is 4.90 Å². The molecule has 0 unspecified atom stereocenters. The average Bonchev–Trinajstić information content (AvgIpc) is 3.69. The first-order valence-electron chi connectivity index (χ1n) is 20.6. The van der Waals surface area contributed by atoms with Gasteiger partial charge < -0.3 is 9.32 Å². The average molecular weight is 764 g/mol. The van der Waals surface area contributed by atoms with Gasteiger partial charge in [0.15, 0.2) is 0 Å². The Morgan fingerprint density at radius 1 is 0.267 bits per heavy atom. The van der Waals surface area contributed by atoms with E-state index in [1.54, 1.807) is 0 Å². The molecule has 0 aliphatic rings. The van der Waals surface area contributed by atoms with Crippen LogP contribution >= 0.6 is 0 Å². The molecule has 12 rings (SSSR count). The summed E-state index contributed by atoms with van der Waals surface area (Å²) in [7, 11) is 0. The Hall–Kier alpha value is -7.94. The van der Waals surface area contributed by atoms with Crippen LogP contribution in [0.1, 0.15) is 0 Å². The third-order valence-corrected chi connectivity index (χ3v) is 12.2. The fraction of sp³-hybridized carbons (Fsp3) is 0. The summed E-state index contributed by atoms with van der Waals surface area (Å²) < 4.78 is 7.00. The van der Waals surface area contributed by atoms with Crippen LogP contribution in [0.2, 0.25) is 0 Å². The summed E-state index contributed by atoms with van der Waals surface area (Å²) in [5.74, 6) is 0. The molecule has 1 heterocycles. The third kappa shape index (κ3) is 5.57. The molecule has 2 heteroatoms. The van der Waals surface area contributed by atoms with Crippen LogP contribution in [-0.4, -0.2) is 0 Å². The second-order valence-corrected chi connectivity index (χ2v) is 15.6. The second-order valence-electron chi connectivity index (χ2n) is 15.6. The zero-order valence-electron chi connectivity index (χ0n) is 32.7. The van der Waals surface area contributed by atoms with Gasteiger partial charge in [-0.25, -0.2) is 0 Å². The van der Waals surface area contributed by atoms with Gasteiger partial charge in [-0.05, 0) is 119 Å². The minimum Gasteiger partial charge on any atom is -0.455 e. The van der Waals surface area contributed by atoms with Crippen molar-refractivity contribution in [3.63, 3.8) is 0 Å². The topological polar surface area (TPSA) is 16.4 Å². The molecule has 0 atom stereocenters. The quantitative estimate of drug-likeness (QED) is 0.157. The van der Waals surface area contributed by atoms with E-state index >= 15 is 0 Å². The summed E-state index contributed by atoms with van der Waals surface area (Å²) >= 11 is 0. The molecule has 2 nitrogen and oxygen atoms in total. The predicted molar refractivity (Wildman–Crippen MR) is 255 cm³/mol. The zero-order chi connectivity index (χ0) is 39.6. The Balaban J connectivity index is 0.973. The predicted octanol–water partition coefficient (Wildman–Crippen LogP) is 16.7. The van der Waals surface area contributed by atoms with E-state index in [1.165, 1.54) is 65.3 Å². The van der Waals surface area contributed by atoms with Crippen LogP contribution in [0.4, 0.5) is 17.1 Å². The van der Waals surface area contributed by atoms with Gasteiger partial charge in [0, 0.05) is 39.5 Å². The van der Waals surface area contributed by atoms with Gasteiger partial charge in [0.25, 0.3) is 0 Å². The molecule has 12 aromatic rings. The van der Waals surface area contributed by atoms with Crippen molar-refractivity contribution in [3.05, 3.63) is 224 Å². The lowest BCUT2D eigenvalue weighted by atomic mass is 9.91. The number of nitrogens with zero attached hydrogens (tertiary/aromatic N) is 1. The van der Waals surface area contributed by atoms with E-state index in [1.807, 2.05) is 0 Å². The van der Waals surface area contributed by atoms with Gasteiger partial charge in [-0.15, -0.1) is 0 Å². The Kier molecular flexibility index (Phi) is 7.89. The molecule has 0 N–H and O–H groups in total. The second kappa shape index (κ2) is 13.9. The molecule has 280 valence electrons. The monoisotopic (exact) mass is 763 g/mol. The smallest absolute Gasteiger partial charge is 0.143 e. The first-order chi connectivity index (χ1) is 29.7. The number of furan rings is 1. The third-order valence-electron chi connectivity index (χ3n) is 12.2. The number of benzene rings is 11. The SMILES string of the molecule is c1ccc(-c2ccc(N(c3ccccc3)c3ccc4c(c3)oc3c(-c5ccc(-c6ccc7c8ccccc8c8ccccc8c7c6)cc5)c5ccccc5cc34)cc2)cc1. The molecule has 0 saturated heterocycles. The number of fused-ring (bicyclic) bond motifs is 10. The summed E-state index contributed by atoms with van der Waals surface area (Å²) in [6.45, 7) is 0. The van der Waals surface area contributed by atoms with E-state index in [0.717, 1.165) is 50.1 Å². The first-order valence-corrected chi connectivity index (χ1v) is 20.6. The summed E-state index contributed by atoms with van der Waals surface area (Å²) in [5, 5.41) is 12.3. The normalized spacial score (nSPS) is 11.7. The number of para-hydroxylation sites is 1. The largest absolute Gasteiger partial charge is 0.455 e. The van der Waals surface area contributed by atoms with Crippen molar-refractivity contribution < 1.29 is 4.42 Å². The van der Waals surface area contributed by atoms with Crippen LogP contribution in [0.3, 0.4) is 0 Å². The maximum atomic E-state index is 7.00. The van der Waals surface area contributed by atoms with Gasteiger partial charge in [-0.2, -0.15) is 0 Å². The highest BCUT2D eigenvalue weighted by Crippen LogP contribution is 2.44. The Bertz CT molecular complexity index is 3530. The molecule has 0 radical (unpaired) electrons. The summed E-state index contributed by atoms with van der Waals surface area (Å²) in [5.41, 5.74) is 12.0. The molecule has 11 aromatic carbocycles. The standard InChI is InChI=1S/C58H37NO/c1-3-13-38(14-4-1)39-27-30-45(31-28-39)59(44-16-5-2-6-17-44)46-32-34-53-55-36-43-15-7-8-18-47(43)57(58(55)60-56(53)37-46)41-25-23-40(24-26-41)42-29-33-52-50-21-10-9-19-48(50)49-20-11-12-22-51(49)54(52)35-42/h1-37H. The summed E-state index contributed by atoms with van der Waals surface area (Å²) in [4.78, 5) is 2.30. The van der Waals surface area contributed by atoms with Gasteiger partial charge in [-0.3, -0.25) is 0 Å². The fourth-order valence-corrected chi connectivity index (χ4v) is 9.36. The minimum atomic E-state index is 0.855. The van der Waals surface area contributed by atoms with Crippen LogP contribution in [0.15, 0.2) is 229 Å². The summed E-state index contributed by atoms with van der Waals surface area (Å²) in [6, 6.07) is 81.0. The van der Waals surface area contributed by atoms with E-state index in [4.69, 9.17) is 4.42 Å². The van der Waals surface area contributed by atoms with Gasteiger partial charge in [0.05, 0.1) is 0 Å². The molecule has 0 amide bonds. The highest BCUT2D eigenvalue weighted by atomic mass is 16.3. The highest BCUT2D eigenvalue weighted by molar-refractivity contribution is 6.26. The fourth-order valence-electron chi connectivity index (χ4n) is 9.36. The molecule has 0 spiro atoms. The van der Waals surface area contributed by atoms with Gasteiger partial charge in [0.2, 0.25) is 0 Å². The molecule has 0 aliphatic carbocycles. The molecule has 1 aromatic heterocycles. The van der Waals surface area contributed by atoms with E-state index in [0.29, 0.717) is 0 Å². The molecule has 0 aliphatic heterocycles. The molecule has 0 bridgehead atoms. The van der Waals surface area contributed by atoms with Crippen molar-refractivity contribution in [2.45, 2.75) is 0 Å². The number of hydrogen-bond donors (Lipinski definition) is 0. The molecule has 0 saturated carbocycles. The first kappa shape index (κ1) is 34.1. The Morgan fingerprint density at radius 3 is 1.43 bits per heavy atom. The number of hydrogen-bond acceptors (Lipinski definition) is 2. The van der Waals surface area contributed by atoms with Crippen molar-refractivity contribution in [1.82, 2.24) is 0 Å². The van der Waals surface area contributed by atoms with Crippen molar-refractivity contribution >= 4 is 82.1 Å². The van der Waals surface area contributed by atoms with Crippen molar-refractivity contribution in [2.24, 2.45) is 0 Å². The molecule has 60 heavy (non-hydrogen) atoms. The lowest BCUT2D eigenvalue weighted by molar-refractivity contribution is 0.670.